The van der Waals surface area contributed by atoms with Crippen molar-refractivity contribution in [3.63, 3.8) is 0 Å². The van der Waals surface area contributed by atoms with E-state index in [1.807, 2.05) is 0 Å². The number of carbonyl (C=O) groups excluding carboxylic acids is 3. The van der Waals surface area contributed by atoms with Gasteiger partial charge in [0.25, 0.3) is 11.8 Å². The first kappa shape index (κ1) is 16.4. The Morgan fingerprint density at radius 2 is 1.60 bits per heavy atom. The molecule has 0 saturated carbocycles. The molecular weight excluding hydrogens is 324 g/mol. The molecule has 3 rings (SSSR count). The summed E-state index contributed by atoms with van der Waals surface area (Å²) >= 11 is 0. The van der Waals surface area contributed by atoms with Crippen LogP contribution in [0.2, 0.25) is 0 Å². The number of hydrogen-bond donors (Lipinski definition) is 2. The molecule has 2 aromatic carbocycles. The normalized spacial score (nSPS) is 14.2. The van der Waals surface area contributed by atoms with Gasteiger partial charge in [-0.3, -0.25) is 19.3 Å². The van der Waals surface area contributed by atoms with Crippen LogP contribution in [0, 0.1) is 0 Å². The lowest BCUT2D eigenvalue weighted by molar-refractivity contribution is -0.119. The van der Waals surface area contributed by atoms with Crippen molar-refractivity contribution in [3.8, 4) is 0 Å². The quantitative estimate of drug-likeness (QED) is 0.830. The summed E-state index contributed by atoms with van der Waals surface area (Å²) in [7, 11) is 0. The number of aromatic carboxylic acids is 1. The van der Waals surface area contributed by atoms with Crippen molar-refractivity contribution in [2.45, 2.75) is 13.0 Å². The van der Waals surface area contributed by atoms with E-state index >= 15 is 0 Å². The topological polar surface area (TPSA) is 104 Å². The van der Waals surface area contributed by atoms with E-state index in [4.69, 9.17) is 5.11 Å². The van der Waals surface area contributed by atoms with Crippen LogP contribution in [-0.4, -0.2) is 39.7 Å². The van der Waals surface area contributed by atoms with Crippen LogP contribution in [0.5, 0.6) is 0 Å². The van der Waals surface area contributed by atoms with Crippen LogP contribution in [0.1, 0.15) is 38.0 Å². The molecule has 25 heavy (non-hydrogen) atoms. The smallest absolute Gasteiger partial charge is 0.335 e. The van der Waals surface area contributed by atoms with Crippen molar-refractivity contribution in [2.75, 3.05) is 5.32 Å². The molecule has 0 fully saturated rings. The van der Waals surface area contributed by atoms with Gasteiger partial charge in [0.05, 0.1) is 16.7 Å². The first-order chi connectivity index (χ1) is 11.9. The Labute approximate surface area is 142 Å². The van der Waals surface area contributed by atoms with Crippen molar-refractivity contribution in [1.29, 1.82) is 0 Å². The van der Waals surface area contributed by atoms with Gasteiger partial charge in [-0.05, 0) is 37.3 Å². The molecule has 7 heteroatoms. The van der Waals surface area contributed by atoms with Gasteiger partial charge in [-0.2, -0.15) is 0 Å². The molecule has 0 bridgehead atoms. The fourth-order valence-electron chi connectivity index (χ4n) is 2.65. The summed E-state index contributed by atoms with van der Waals surface area (Å²) in [4.78, 5) is 49.1. The Kier molecular flexibility index (Phi) is 4.06. The number of imide groups is 1. The highest BCUT2D eigenvalue weighted by Gasteiger charge is 2.40. The Morgan fingerprint density at radius 3 is 2.16 bits per heavy atom. The first-order valence-corrected chi connectivity index (χ1v) is 7.51. The van der Waals surface area contributed by atoms with E-state index in [0.717, 1.165) is 4.90 Å². The Balaban J connectivity index is 1.80. The van der Waals surface area contributed by atoms with Crippen LogP contribution >= 0.6 is 0 Å². The average Bonchev–Trinajstić information content (AvgIpc) is 2.86. The summed E-state index contributed by atoms with van der Waals surface area (Å²) < 4.78 is 0. The lowest BCUT2D eigenvalue weighted by Gasteiger charge is -2.21. The van der Waals surface area contributed by atoms with E-state index in [2.05, 4.69) is 5.32 Å². The number of fused-ring (bicyclic) bond motifs is 1. The molecule has 1 unspecified atom stereocenters. The maximum Gasteiger partial charge on any atom is 0.335 e. The summed E-state index contributed by atoms with van der Waals surface area (Å²) in [5.74, 6) is -2.76. The largest absolute Gasteiger partial charge is 0.478 e. The van der Waals surface area contributed by atoms with Crippen LogP contribution in [0.15, 0.2) is 48.5 Å². The summed E-state index contributed by atoms with van der Waals surface area (Å²) in [6.07, 6.45) is 0. The lowest BCUT2D eigenvalue weighted by atomic mass is 10.1. The molecule has 2 aromatic rings. The molecule has 1 aliphatic heterocycles. The van der Waals surface area contributed by atoms with E-state index in [1.54, 1.807) is 12.1 Å². The molecular formula is C18H14N2O5. The monoisotopic (exact) mass is 338 g/mol. The molecule has 3 amide bonds. The maximum absolute atomic E-state index is 12.4. The number of carboxylic acids is 1. The number of anilines is 1. The number of hydrogen-bond acceptors (Lipinski definition) is 4. The van der Waals surface area contributed by atoms with Crippen LogP contribution in [0.25, 0.3) is 0 Å². The molecule has 1 aliphatic rings. The molecule has 1 atom stereocenters. The molecule has 0 radical (unpaired) electrons. The minimum atomic E-state index is -1.12. The number of amides is 3. The predicted octanol–water partition coefficient (Wildman–Crippen LogP) is 2.01. The SMILES string of the molecule is CC(C(=O)Nc1cccc(C(=O)O)c1)N1C(=O)c2ccccc2C1=O. The van der Waals surface area contributed by atoms with Crippen molar-refractivity contribution in [2.24, 2.45) is 0 Å². The van der Waals surface area contributed by atoms with Crippen molar-refractivity contribution in [3.05, 3.63) is 65.2 Å². The number of carboxylic acid groups (broad SMARTS) is 1. The van der Waals surface area contributed by atoms with Gasteiger partial charge in [0, 0.05) is 5.69 Å². The maximum atomic E-state index is 12.4. The fourth-order valence-corrected chi connectivity index (χ4v) is 2.65. The first-order valence-electron chi connectivity index (χ1n) is 7.51. The Bertz CT molecular complexity index is 871. The van der Waals surface area contributed by atoms with Crippen LogP contribution in [0.4, 0.5) is 5.69 Å². The lowest BCUT2D eigenvalue weighted by Crippen LogP contribution is -2.45. The van der Waals surface area contributed by atoms with Gasteiger partial charge < -0.3 is 10.4 Å². The van der Waals surface area contributed by atoms with E-state index in [0.29, 0.717) is 0 Å². The second-order valence-electron chi connectivity index (χ2n) is 5.58. The summed E-state index contributed by atoms with van der Waals surface area (Å²) in [5.41, 5.74) is 0.819. The van der Waals surface area contributed by atoms with E-state index in [1.165, 1.54) is 43.3 Å². The highest BCUT2D eigenvalue weighted by molar-refractivity contribution is 6.23. The average molecular weight is 338 g/mol. The molecule has 7 nitrogen and oxygen atoms in total. The highest BCUT2D eigenvalue weighted by atomic mass is 16.4. The zero-order valence-electron chi connectivity index (χ0n) is 13.2. The van der Waals surface area contributed by atoms with Gasteiger partial charge in [-0.25, -0.2) is 4.79 Å². The van der Waals surface area contributed by atoms with Crippen molar-refractivity contribution in [1.82, 2.24) is 4.90 Å². The van der Waals surface area contributed by atoms with Crippen LogP contribution < -0.4 is 5.32 Å². The second-order valence-corrected chi connectivity index (χ2v) is 5.58. The third kappa shape index (κ3) is 2.87. The second kappa shape index (κ2) is 6.20. The molecule has 0 saturated heterocycles. The molecule has 0 aliphatic carbocycles. The number of benzene rings is 2. The van der Waals surface area contributed by atoms with E-state index < -0.39 is 29.7 Å². The van der Waals surface area contributed by atoms with Crippen molar-refractivity contribution < 1.29 is 24.3 Å². The van der Waals surface area contributed by atoms with E-state index in [-0.39, 0.29) is 22.4 Å². The van der Waals surface area contributed by atoms with Gasteiger partial charge >= 0.3 is 5.97 Å². The number of nitrogens with zero attached hydrogens (tertiary/aromatic N) is 1. The van der Waals surface area contributed by atoms with E-state index in [9.17, 15) is 19.2 Å². The highest BCUT2D eigenvalue weighted by Crippen LogP contribution is 2.25. The molecule has 1 heterocycles. The zero-order valence-corrected chi connectivity index (χ0v) is 13.2. The number of nitrogens with one attached hydrogen (secondary N) is 1. The molecule has 0 spiro atoms. The number of carbonyl (C=O) groups is 4. The molecule has 126 valence electrons. The predicted molar refractivity (Wildman–Crippen MR) is 88.4 cm³/mol. The third-order valence-corrected chi connectivity index (χ3v) is 3.97. The van der Waals surface area contributed by atoms with Crippen molar-refractivity contribution >= 4 is 29.4 Å². The zero-order chi connectivity index (χ0) is 18.1. The molecule has 2 N–H and O–H groups in total. The fraction of sp³-hybridized carbons (Fsp3) is 0.111. The standard InChI is InChI=1S/C18H14N2O5/c1-10(15(21)19-12-6-4-5-11(9-12)18(24)25)20-16(22)13-7-2-3-8-14(13)17(20)23/h2-10H,1H3,(H,19,21)(H,24,25). The van der Waals surface area contributed by atoms with Gasteiger partial charge in [-0.1, -0.05) is 18.2 Å². The van der Waals surface area contributed by atoms with Gasteiger partial charge in [0.1, 0.15) is 6.04 Å². The Hall–Kier alpha value is -3.48. The minimum Gasteiger partial charge on any atom is -0.478 e. The summed E-state index contributed by atoms with van der Waals surface area (Å²) in [6, 6.07) is 11.0. The van der Waals surface area contributed by atoms with Gasteiger partial charge in [-0.15, -0.1) is 0 Å². The summed E-state index contributed by atoms with van der Waals surface area (Å²) in [6.45, 7) is 1.44. The number of rotatable bonds is 4. The van der Waals surface area contributed by atoms with Gasteiger partial charge in [0.15, 0.2) is 0 Å². The minimum absolute atomic E-state index is 0.0196. The van der Waals surface area contributed by atoms with Crippen LogP contribution in [-0.2, 0) is 4.79 Å². The molecule has 0 aromatic heterocycles. The third-order valence-electron chi connectivity index (χ3n) is 3.97. The van der Waals surface area contributed by atoms with Crippen LogP contribution in [0.3, 0.4) is 0 Å². The Morgan fingerprint density at radius 1 is 1.00 bits per heavy atom. The summed E-state index contributed by atoms with van der Waals surface area (Å²) in [5, 5.41) is 11.5. The van der Waals surface area contributed by atoms with Gasteiger partial charge in [0.2, 0.25) is 5.91 Å².